The van der Waals surface area contributed by atoms with Crippen LogP contribution in [0, 0.1) is 0 Å². The lowest BCUT2D eigenvalue weighted by atomic mass is 10.1. The average molecular weight is 553 g/mol. The van der Waals surface area contributed by atoms with Crippen LogP contribution in [-0.2, 0) is 0 Å². The van der Waals surface area contributed by atoms with E-state index in [1.54, 1.807) is 0 Å². The van der Waals surface area contributed by atoms with Gasteiger partial charge in [-0.05, 0) is 48.5 Å². The Hall–Kier alpha value is -3.89. The van der Waals surface area contributed by atoms with Crippen LogP contribution in [0.4, 0.5) is 0 Å². The third-order valence-electron chi connectivity index (χ3n) is 7.59. The zero-order valence-corrected chi connectivity index (χ0v) is 23.5. The number of fused-ring (bicyclic) bond motifs is 6. The zero-order valence-electron chi connectivity index (χ0n) is 21.1. The van der Waals surface area contributed by atoms with Gasteiger partial charge >= 0.3 is 0 Å². The molecule has 0 saturated heterocycles. The molecule has 3 heteroatoms. The molecule has 0 atom stereocenters. The fraction of sp³-hybridized carbons (Fsp3) is 0. The Morgan fingerprint density at radius 2 is 0.718 bits per heavy atom. The highest BCUT2D eigenvalue weighted by molar-refractivity contribution is 8.34. The summed E-state index contributed by atoms with van der Waals surface area (Å²) in [5.41, 5.74) is 0. The summed E-state index contributed by atoms with van der Waals surface area (Å²) in [6, 6.07) is 54.1. The van der Waals surface area contributed by atoms with Crippen LogP contribution < -0.4 is 0 Å². The van der Waals surface area contributed by atoms with Crippen molar-refractivity contribution in [3.05, 3.63) is 146 Å². The third kappa shape index (κ3) is 3.37. The van der Waals surface area contributed by atoms with E-state index in [9.17, 15) is 0 Å². The summed E-state index contributed by atoms with van der Waals surface area (Å²) >= 11 is 3.87. The van der Waals surface area contributed by atoms with Crippen LogP contribution in [0.2, 0.25) is 0 Å². The molecular weight excluding hydrogens is 529 g/mol. The molecule has 0 saturated carbocycles. The lowest BCUT2D eigenvalue weighted by Crippen LogP contribution is -2.05. The van der Waals surface area contributed by atoms with Crippen molar-refractivity contribution in [3.63, 3.8) is 0 Å². The molecule has 0 N–H and O–H groups in total. The molecule has 0 radical (unpaired) electrons. The van der Waals surface area contributed by atoms with Gasteiger partial charge in [-0.2, -0.15) is 0 Å². The molecule has 0 spiro atoms. The fourth-order valence-corrected chi connectivity index (χ4v) is 13.2. The van der Waals surface area contributed by atoms with E-state index in [4.69, 9.17) is 0 Å². The summed E-state index contributed by atoms with van der Waals surface area (Å²) in [5, 5.41) is 5.38. The molecule has 186 valence electrons. The molecule has 8 aromatic rings. The first-order valence-corrected chi connectivity index (χ1v) is 16.4. The van der Waals surface area contributed by atoms with Crippen LogP contribution in [0.5, 0.6) is 0 Å². The van der Waals surface area contributed by atoms with Gasteiger partial charge in [0.2, 0.25) is 0 Å². The van der Waals surface area contributed by atoms with Crippen molar-refractivity contribution in [1.82, 2.24) is 0 Å². The molecule has 0 nitrogen and oxygen atoms in total. The Balaban J connectivity index is 1.61. The summed E-state index contributed by atoms with van der Waals surface area (Å²) in [5.74, 6) is 0. The number of rotatable bonds is 4. The van der Waals surface area contributed by atoms with E-state index >= 15 is 0 Å². The highest BCUT2D eigenvalue weighted by atomic mass is 32.3. The first kappa shape index (κ1) is 23.0. The molecule has 0 amide bonds. The molecule has 2 aromatic heterocycles. The van der Waals surface area contributed by atoms with Crippen LogP contribution in [0.3, 0.4) is 0 Å². The van der Waals surface area contributed by atoms with Crippen molar-refractivity contribution < 1.29 is 0 Å². The number of thiophene rings is 2. The summed E-state index contributed by atoms with van der Waals surface area (Å²) in [6.07, 6.45) is 0. The van der Waals surface area contributed by atoms with Gasteiger partial charge in [0, 0.05) is 59.9 Å². The topological polar surface area (TPSA) is 0 Å². The van der Waals surface area contributed by atoms with Crippen LogP contribution in [0.1, 0.15) is 0 Å². The van der Waals surface area contributed by atoms with E-state index in [0.717, 1.165) is 0 Å². The normalized spacial score (nSPS) is 12.5. The molecule has 0 bridgehead atoms. The van der Waals surface area contributed by atoms with E-state index < -0.39 is 10.0 Å². The van der Waals surface area contributed by atoms with Gasteiger partial charge in [0.05, 0.1) is 0 Å². The second-order valence-corrected chi connectivity index (χ2v) is 14.9. The van der Waals surface area contributed by atoms with Crippen molar-refractivity contribution in [2.75, 3.05) is 0 Å². The molecular formula is C36H24S3. The summed E-state index contributed by atoms with van der Waals surface area (Å²) in [4.78, 5) is 5.57. The largest absolute Gasteiger partial charge is 0.134 e. The molecule has 6 aromatic carbocycles. The molecule has 8 rings (SSSR count). The van der Waals surface area contributed by atoms with Crippen LogP contribution in [-0.4, -0.2) is 0 Å². The first-order chi connectivity index (χ1) is 19.4. The summed E-state index contributed by atoms with van der Waals surface area (Å²) in [7, 11) is -1.84. The predicted octanol–water partition coefficient (Wildman–Crippen LogP) is 11.8. The Labute approximate surface area is 237 Å². The Bertz CT molecular complexity index is 1960. The minimum absolute atomic E-state index is 1.34. The molecule has 0 aliphatic heterocycles. The average Bonchev–Trinajstić information content (AvgIpc) is 3.58. The first-order valence-electron chi connectivity index (χ1n) is 13.1. The number of hydrogen-bond acceptors (Lipinski definition) is 2. The molecule has 2 heterocycles. The minimum atomic E-state index is -1.84. The van der Waals surface area contributed by atoms with Crippen LogP contribution >= 0.6 is 32.7 Å². The summed E-state index contributed by atoms with van der Waals surface area (Å²) < 4.78 is 5.46. The lowest BCUT2D eigenvalue weighted by Gasteiger charge is -2.42. The highest BCUT2D eigenvalue weighted by Gasteiger charge is 2.37. The van der Waals surface area contributed by atoms with E-state index in [1.165, 1.54) is 59.9 Å². The molecule has 39 heavy (non-hydrogen) atoms. The lowest BCUT2D eigenvalue weighted by molar-refractivity contribution is 1.28. The van der Waals surface area contributed by atoms with Gasteiger partial charge in [0.25, 0.3) is 0 Å². The maximum Gasteiger partial charge on any atom is 0.0485 e. The van der Waals surface area contributed by atoms with Crippen molar-refractivity contribution in [1.29, 1.82) is 0 Å². The fourth-order valence-electron chi connectivity index (χ4n) is 5.94. The summed E-state index contributed by atoms with van der Waals surface area (Å²) in [6.45, 7) is 0. The number of hydrogen-bond donors (Lipinski definition) is 0. The van der Waals surface area contributed by atoms with Crippen LogP contribution in [0.25, 0.3) is 40.3 Å². The van der Waals surface area contributed by atoms with Crippen LogP contribution in [0.15, 0.2) is 165 Å². The van der Waals surface area contributed by atoms with Crippen molar-refractivity contribution in [3.8, 4) is 0 Å². The van der Waals surface area contributed by atoms with E-state index in [-0.39, 0.29) is 0 Å². The standard InChI is InChI=1S/C36H24S3/c1-3-13-25(14-4-1)39(26-15-5-2-6-16-26,33-23-11-19-29-27-17-7-9-21-31(27)37-35(29)33)34-24-12-20-30-28-18-8-10-22-32(28)38-36(30)34/h1-24H. The van der Waals surface area contributed by atoms with Gasteiger partial charge in [-0.3, -0.25) is 0 Å². The maximum atomic E-state index is 2.40. The highest BCUT2D eigenvalue weighted by Crippen LogP contribution is 2.76. The van der Waals surface area contributed by atoms with Gasteiger partial charge in [-0.25, -0.2) is 0 Å². The van der Waals surface area contributed by atoms with Gasteiger partial charge in [-0.1, -0.05) is 97.1 Å². The smallest absolute Gasteiger partial charge is 0.0485 e. The molecule has 0 aliphatic rings. The third-order valence-corrected chi connectivity index (χ3v) is 14.2. The monoisotopic (exact) mass is 552 g/mol. The van der Waals surface area contributed by atoms with Crippen molar-refractivity contribution in [2.45, 2.75) is 19.6 Å². The molecule has 0 aliphatic carbocycles. The number of benzene rings is 6. The Morgan fingerprint density at radius 3 is 1.18 bits per heavy atom. The second-order valence-electron chi connectivity index (χ2n) is 9.70. The molecule has 0 unspecified atom stereocenters. The van der Waals surface area contributed by atoms with Gasteiger partial charge < -0.3 is 0 Å². The quantitative estimate of drug-likeness (QED) is 0.204. The van der Waals surface area contributed by atoms with Crippen molar-refractivity contribution >= 4 is 73.0 Å². The Morgan fingerprint density at radius 1 is 0.333 bits per heavy atom. The Kier molecular flexibility index (Phi) is 5.37. The van der Waals surface area contributed by atoms with Crippen molar-refractivity contribution in [2.24, 2.45) is 0 Å². The minimum Gasteiger partial charge on any atom is -0.134 e. The second kappa shape index (κ2) is 9.10. The van der Waals surface area contributed by atoms with E-state index in [1.807, 2.05) is 22.7 Å². The van der Waals surface area contributed by atoms with E-state index in [0.29, 0.717) is 0 Å². The van der Waals surface area contributed by atoms with Gasteiger partial charge in [-0.15, -0.1) is 32.7 Å². The van der Waals surface area contributed by atoms with Gasteiger partial charge in [0.15, 0.2) is 0 Å². The SMILES string of the molecule is c1ccc(S(c2ccccc2)(c2cccc3c2sc2ccccc23)c2cccc3c2sc2ccccc23)cc1. The predicted molar refractivity (Wildman–Crippen MR) is 172 cm³/mol. The maximum absolute atomic E-state index is 2.40. The van der Waals surface area contributed by atoms with E-state index in [2.05, 4.69) is 146 Å². The zero-order chi connectivity index (χ0) is 25.8. The molecule has 0 fully saturated rings. The van der Waals surface area contributed by atoms with Gasteiger partial charge in [0.1, 0.15) is 0 Å².